The van der Waals surface area contributed by atoms with Gasteiger partial charge in [-0.3, -0.25) is 0 Å². The Hall–Kier alpha value is -1.69. The van der Waals surface area contributed by atoms with E-state index in [1.807, 2.05) is 6.92 Å². The van der Waals surface area contributed by atoms with Crippen LogP contribution in [-0.2, 0) is 6.42 Å². The molecule has 20 heavy (non-hydrogen) atoms. The van der Waals surface area contributed by atoms with Crippen molar-refractivity contribution in [1.29, 1.82) is 0 Å². The Morgan fingerprint density at radius 1 is 1.35 bits per heavy atom. The average molecular weight is 340 g/mol. The number of nitrogens with zero attached hydrogens (tertiary/aromatic N) is 2. The van der Waals surface area contributed by atoms with Gasteiger partial charge >= 0.3 is 0 Å². The third-order valence-electron chi connectivity index (χ3n) is 2.90. The maximum atomic E-state index is 13.8. The molecule has 0 aliphatic carbocycles. The van der Waals surface area contributed by atoms with E-state index in [-0.39, 0.29) is 5.75 Å². The van der Waals surface area contributed by atoms with E-state index in [4.69, 9.17) is 4.74 Å². The first-order valence-electron chi connectivity index (χ1n) is 6.18. The Balaban J connectivity index is 2.54. The standard InChI is InChI=1S/C14H15BrFN3O/c1-4-10-12(15)14(17-2)19-13(18-10)8-5-6-11(20-3)9(16)7-8/h5-7H,4H2,1-3H3,(H,17,18,19). The molecule has 2 aromatic rings. The number of benzene rings is 1. The van der Waals surface area contributed by atoms with Gasteiger partial charge in [-0.25, -0.2) is 14.4 Å². The lowest BCUT2D eigenvalue weighted by Crippen LogP contribution is -2.03. The van der Waals surface area contributed by atoms with E-state index < -0.39 is 5.82 Å². The molecule has 0 unspecified atom stereocenters. The zero-order valence-electron chi connectivity index (χ0n) is 11.5. The predicted molar refractivity (Wildman–Crippen MR) is 80.6 cm³/mol. The van der Waals surface area contributed by atoms with Crippen LogP contribution in [0.5, 0.6) is 5.75 Å². The molecule has 0 amide bonds. The Bertz CT molecular complexity index is 609. The van der Waals surface area contributed by atoms with Crippen LogP contribution < -0.4 is 10.1 Å². The molecule has 0 saturated heterocycles. The molecule has 0 fully saturated rings. The number of nitrogens with one attached hydrogen (secondary N) is 1. The van der Waals surface area contributed by atoms with Crippen molar-refractivity contribution in [1.82, 2.24) is 9.97 Å². The maximum absolute atomic E-state index is 13.8. The Morgan fingerprint density at radius 2 is 2.10 bits per heavy atom. The van der Waals surface area contributed by atoms with Gasteiger partial charge in [0, 0.05) is 12.6 Å². The number of aryl methyl sites for hydroxylation is 1. The summed E-state index contributed by atoms with van der Waals surface area (Å²) in [5.41, 5.74) is 1.48. The van der Waals surface area contributed by atoms with Crippen molar-refractivity contribution < 1.29 is 9.13 Å². The topological polar surface area (TPSA) is 47.0 Å². The minimum absolute atomic E-state index is 0.204. The van der Waals surface area contributed by atoms with Gasteiger partial charge in [-0.15, -0.1) is 0 Å². The number of aromatic nitrogens is 2. The number of halogens is 2. The second-order valence-electron chi connectivity index (χ2n) is 4.11. The summed E-state index contributed by atoms with van der Waals surface area (Å²) in [4.78, 5) is 8.85. The molecule has 6 heteroatoms. The molecule has 1 aromatic carbocycles. The number of methoxy groups -OCH3 is 1. The minimum Gasteiger partial charge on any atom is -0.494 e. The first-order valence-corrected chi connectivity index (χ1v) is 6.98. The summed E-state index contributed by atoms with van der Waals surface area (Å²) in [5, 5.41) is 3.00. The molecule has 0 atom stereocenters. The van der Waals surface area contributed by atoms with Gasteiger partial charge in [0.05, 0.1) is 17.3 Å². The molecular weight excluding hydrogens is 325 g/mol. The molecule has 0 radical (unpaired) electrons. The summed E-state index contributed by atoms with van der Waals surface area (Å²) in [5.74, 6) is 0.940. The van der Waals surface area contributed by atoms with Crippen molar-refractivity contribution in [2.45, 2.75) is 13.3 Å². The molecule has 0 aliphatic heterocycles. The molecule has 0 spiro atoms. The summed E-state index contributed by atoms with van der Waals surface area (Å²) in [6, 6.07) is 4.69. The van der Waals surface area contributed by atoms with Gasteiger partial charge in [0.25, 0.3) is 0 Å². The van der Waals surface area contributed by atoms with Gasteiger partial charge in [-0.05, 0) is 40.5 Å². The average Bonchev–Trinajstić information content (AvgIpc) is 2.47. The molecule has 1 aromatic heterocycles. The zero-order valence-corrected chi connectivity index (χ0v) is 13.1. The van der Waals surface area contributed by atoms with Crippen molar-refractivity contribution in [3.05, 3.63) is 34.2 Å². The summed E-state index contributed by atoms with van der Waals surface area (Å²) in [6.07, 6.45) is 0.753. The van der Waals surface area contributed by atoms with E-state index in [0.29, 0.717) is 17.2 Å². The van der Waals surface area contributed by atoms with Crippen LogP contribution in [0.3, 0.4) is 0 Å². The summed E-state index contributed by atoms with van der Waals surface area (Å²) < 4.78 is 19.5. The highest BCUT2D eigenvalue weighted by Crippen LogP contribution is 2.29. The van der Waals surface area contributed by atoms with E-state index in [0.717, 1.165) is 16.6 Å². The fraction of sp³-hybridized carbons (Fsp3) is 0.286. The van der Waals surface area contributed by atoms with Crippen LogP contribution in [0.1, 0.15) is 12.6 Å². The Labute approximate surface area is 125 Å². The fourth-order valence-electron chi connectivity index (χ4n) is 1.83. The third kappa shape index (κ3) is 2.75. The van der Waals surface area contributed by atoms with Crippen LogP contribution in [0.2, 0.25) is 0 Å². The number of ether oxygens (including phenoxy) is 1. The molecule has 1 heterocycles. The number of anilines is 1. The normalized spacial score (nSPS) is 10.4. The second kappa shape index (κ2) is 6.17. The summed E-state index contributed by atoms with van der Waals surface area (Å²) >= 11 is 3.46. The number of rotatable bonds is 4. The molecule has 0 aliphatic rings. The number of hydrogen-bond acceptors (Lipinski definition) is 4. The third-order valence-corrected chi connectivity index (χ3v) is 3.73. The fourth-order valence-corrected chi connectivity index (χ4v) is 2.48. The molecular formula is C14H15BrFN3O. The van der Waals surface area contributed by atoms with Gasteiger partial charge in [0.1, 0.15) is 5.82 Å². The highest BCUT2D eigenvalue weighted by Gasteiger charge is 2.13. The van der Waals surface area contributed by atoms with E-state index >= 15 is 0 Å². The Kier molecular flexibility index (Phi) is 4.54. The first-order chi connectivity index (χ1) is 9.60. The first kappa shape index (κ1) is 14.7. The molecule has 4 nitrogen and oxygen atoms in total. The van der Waals surface area contributed by atoms with Crippen molar-refractivity contribution in [3.63, 3.8) is 0 Å². The minimum atomic E-state index is -0.430. The summed E-state index contributed by atoms with van der Waals surface area (Å²) in [6.45, 7) is 2.00. The van der Waals surface area contributed by atoms with E-state index in [1.165, 1.54) is 13.2 Å². The zero-order chi connectivity index (χ0) is 14.7. The van der Waals surface area contributed by atoms with Crippen molar-refractivity contribution in [3.8, 4) is 17.1 Å². The van der Waals surface area contributed by atoms with Gasteiger partial charge in [-0.2, -0.15) is 0 Å². The van der Waals surface area contributed by atoms with Crippen LogP contribution in [0, 0.1) is 5.82 Å². The van der Waals surface area contributed by atoms with E-state index in [1.54, 1.807) is 19.2 Å². The SMILES string of the molecule is CCc1nc(-c2ccc(OC)c(F)c2)nc(NC)c1Br. The smallest absolute Gasteiger partial charge is 0.165 e. The van der Waals surface area contributed by atoms with Crippen molar-refractivity contribution in [2.75, 3.05) is 19.5 Å². The van der Waals surface area contributed by atoms with Gasteiger partial charge in [0.15, 0.2) is 17.4 Å². The van der Waals surface area contributed by atoms with Crippen molar-refractivity contribution >= 4 is 21.7 Å². The monoisotopic (exact) mass is 339 g/mol. The lowest BCUT2D eigenvalue weighted by molar-refractivity contribution is 0.386. The second-order valence-corrected chi connectivity index (χ2v) is 4.90. The summed E-state index contributed by atoms with van der Waals surface area (Å²) in [7, 11) is 3.22. The molecule has 0 saturated carbocycles. The van der Waals surface area contributed by atoms with E-state index in [9.17, 15) is 4.39 Å². The highest BCUT2D eigenvalue weighted by atomic mass is 79.9. The molecule has 106 valence electrons. The maximum Gasteiger partial charge on any atom is 0.165 e. The van der Waals surface area contributed by atoms with Crippen LogP contribution in [-0.4, -0.2) is 24.1 Å². The van der Waals surface area contributed by atoms with Crippen LogP contribution >= 0.6 is 15.9 Å². The van der Waals surface area contributed by atoms with Crippen LogP contribution in [0.4, 0.5) is 10.2 Å². The Morgan fingerprint density at radius 3 is 2.65 bits per heavy atom. The largest absolute Gasteiger partial charge is 0.494 e. The molecule has 0 bridgehead atoms. The van der Waals surface area contributed by atoms with E-state index in [2.05, 4.69) is 31.2 Å². The van der Waals surface area contributed by atoms with Gasteiger partial charge < -0.3 is 10.1 Å². The predicted octanol–water partition coefficient (Wildman–Crippen LogP) is 3.66. The molecule has 2 rings (SSSR count). The lowest BCUT2D eigenvalue weighted by Gasteiger charge is -2.10. The number of hydrogen-bond donors (Lipinski definition) is 1. The van der Waals surface area contributed by atoms with Crippen LogP contribution in [0.25, 0.3) is 11.4 Å². The molecule has 1 N–H and O–H groups in total. The lowest BCUT2D eigenvalue weighted by atomic mass is 10.2. The van der Waals surface area contributed by atoms with Gasteiger partial charge in [-0.1, -0.05) is 6.92 Å². The highest BCUT2D eigenvalue weighted by molar-refractivity contribution is 9.10. The van der Waals surface area contributed by atoms with Crippen LogP contribution in [0.15, 0.2) is 22.7 Å². The quantitative estimate of drug-likeness (QED) is 0.923. The van der Waals surface area contributed by atoms with Crippen molar-refractivity contribution in [2.24, 2.45) is 0 Å². The van der Waals surface area contributed by atoms with Gasteiger partial charge in [0.2, 0.25) is 0 Å².